The average Bonchev–Trinajstić information content (AvgIpc) is 3.02. The predicted octanol–water partition coefficient (Wildman–Crippen LogP) is -0.775. The van der Waals surface area contributed by atoms with Gasteiger partial charge in [-0.15, -0.1) is 0 Å². The Kier molecular flexibility index (Phi) is 7.11. The first-order valence-corrected chi connectivity index (χ1v) is 7.03. The van der Waals surface area contributed by atoms with Crippen molar-refractivity contribution in [1.82, 2.24) is 16.0 Å². The van der Waals surface area contributed by atoms with Crippen molar-refractivity contribution in [3.05, 3.63) is 24.2 Å². The van der Waals surface area contributed by atoms with Crippen LogP contribution in [0.1, 0.15) is 24.4 Å². The number of hydrogen-bond donors (Lipinski definition) is 4. The zero-order valence-corrected chi connectivity index (χ0v) is 12.7. The van der Waals surface area contributed by atoms with Crippen LogP contribution in [0, 0.1) is 5.92 Å². The van der Waals surface area contributed by atoms with Crippen LogP contribution in [0.5, 0.6) is 0 Å². The largest absolute Gasteiger partial charge is 0.459 e. The monoisotopic (exact) mass is 310 g/mol. The SMILES string of the molecule is CC(C)[C@H](N)C(=O)NCC(=O)NCCNC(=O)c1ccco1. The van der Waals surface area contributed by atoms with Gasteiger partial charge in [-0.2, -0.15) is 0 Å². The highest BCUT2D eigenvalue weighted by molar-refractivity contribution is 5.91. The van der Waals surface area contributed by atoms with E-state index in [1.807, 2.05) is 13.8 Å². The van der Waals surface area contributed by atoms with Crippen molar-refractivity contribution in [3.8, 4) is 0 Å². The van der Waals surface area contributed by atoms with E-state index in [9.17, 15) is 14.4 Å². The van der Waals surface area contributed by atoms with Crippen LogP contribution in [0.4, 0.5) is 0 Å². The molecule has 0 fully saturated rings. The summed E-state index contributed by atoms with van der Waals surface area (Å²) in [4.78, 5) is 34.6. The van der Waals surface area contributed by atoms with E-state index in [-0.39, 0.29) is 49.0 Å². The van der Waals surface area contributed by atoms with E-state index in [1.165, 1.54) is 6.26 Å². The Hall–Kier alpha value is -2.35. The lowest BCUT2D eigenvalue weighted by Crippen LogP contribution is -2.47. The summed E-state index contributed by atoms with van der Waals surface area (Å²) < 4.78 is 4.92. The maximum Gasteiger partial charge on any atom is 0.287 e. The summed E-state index contributed by atoms with van der Waals surface area (Å²) in [7, 11) is 0. The zero-order valence-electron chi connectivity index (χ0n) is 12.7. The van der Waals surface area contributed by atoms with Gasteiger partial charge in [0.1, 0.15) is 0 Å². The number of rotatable bonds is 8. The van der Waals surface area contributed by atoms with Gasteiger partial charge in [0.05, 0.1) is 18.8 Å². The van der Waals surface area contributed by atoms with Gasteiger partial charge in [-0.3, -0.25) is 14.4 Å². The average molecular weight is 310 g/mol. The summed E-state index contributed by atoms with van der Waals surface area (Å²) in [5.74, 6) is -0.857. The number of furan rings is 1. The maximum atomic E-state index is 11.6. The molecule has 5 N–H and O–H groups in total. The van der Waals surface area contributed by atoms with Crippen LogP contribution in [0.2, 0.25) is 0 Å². The molecule has 22 heavy (non-hydrogen) atoms. The molecule has 0 aliphatic carbocycles. The third-order valence-electron chi connectivity index (χ3n) is 2.92. The molecule has 0 aliphatic rings. The van der Waals surface area contributed by atoms with E-state index >= 15 is 0 Å². The van der Waals surface area contributed by atoms with Crippen LogP contribution >= 0.6 is 0 Å². The van der Waals surface area contributed by atoms with E-state index in [0.29, 0.717) is 0 Å². The summed E-state index contributed by atoms with van der Waals surface area (Å²) >= 11 is 0. The highest BCUT2D eigenvalue weighted by Crippen LogP contribution is 1.98. The van der Waals surface area contributed by atoms with Crippen molar-refractivity contribution in [1.29, 1.82) is 0 Å². The van der Waals surface area contributed by atoms with Gasteiger partial charge in [0, 0.05) is 13.1 Å². The van der Waals surface area contributed by atoms with Crippen LogP contribution in [-0.2, 0) is 9.59 Å². The molecule has 0 unspecified atom stereocenters. The molecule has 1 heterocycles. The van der Waals surface area contributed by atoms with E-state index < -0.39 is 6.04 Å². The summed E-state index contributed by atoms with van der Waals surface area (Å²) in [6, 6.07) is 2.52. The van der Waals surface area contributed by atoms with Gasteiger partial charge in [-0.25, -0.2) is 0 Å². The minimum atomic E-state index is -0.639. The second-order valence-corrected chi connectivity index (χ2v) is 5.07. The van der Waals surface area contributed by atoms with E-state index in [2.05, 4.69) is 16.0 Å². The Bertz CT molecular complexity index is 499. The van der Waals surface area contributed by atoms with Gasteiger partial charge < -0.3 is 26.1 Å². The van der Waals surface area contributed by atoms with Crippen LogP contribution in [0.15, 0.2) is 22.8 Å². The fourth-order valence-corrected chi connectivity index (χ4v) is 1.52. The Morgan fingerprint density at radius 3 is 2.45 bits per heavy atom. The number of carbonyl (C=O) groups excluding carboxylic acids is 3. The molecule has 0 saturated carbocycles. The van der Waals surface area contributed by atoms with Gasteiger partial charge in [0.15, 0.2) is 5.76 Å². The molecule has 0 aromatic carbocycles. The number of hydrogen-bond acceptors (Lipinski definition) is 5. The van der Waals surface area contributed by atoms with Gasteiger partial charge in [0.25, 0.3) is 5.91 Å². The first-order valence-electron chi connectivity index (χ1n) is 7.03. The normalized spacial score (nSPS) is 11.8. The van der Waals surface area contributed by atoms with Crippen molar-refractivity contribution in [2.75, 3.05) is 19.6 Å². The van der Waals surface area contributed by atoms with Crippen LogP contribution < -0.4 is 21.7 Å². The fraction of sp³-hybridized carbons (Fsp3) is 0.500. The van der Waals surface area contributed by atoms with Crippen molar-refractivity contribution >= 4 is 17.7 Å². The quantitative estimate of drug-likeness (QED) is 0.469. The molecular formula is C14H22N4O4. The predicted molar refractivity (Wildman–Crippen MR) is 79.9 cm³/mol. The van der Waals surface area contributed by atoms with Gasteiger partial charge >= 0.3 is 0 Å². The number of amides is 3. The first kappa shape index (κ1) is 17.7. The molecule has 3 amide bonds. The second-order valence-electron chi connectivity index (χ2n) is 5.07. The fourth-order valence-electron chi connectivity index (χ4n) is 1.52. The molecule has 8 nitrogen and oxygen atoms in total. The molecule has 8 heteroatoms. The minimum absolute atomic E-state index is 0.000116. The van der Waals surface area contributed by atoms with E-state index in [1.54, 1.807) is 12.1 Å². The Balaban J connectivity index is 2.13. The summed E-state index contributed by atoms with van der Waals surface area (Å²) in [5.41, 5.74) is 5.65. The second kappa shape index (κ2) is 8.83. The molecule has 122 valence electrons. The smallest absolute Gasteiger partial charge is 0.287 e. The summed E-state index contributed by atoms with van der Waals surface area (Å²) in [5, 5.41) is 7.61. The standard InChI is InChI=1S/C14H22N4O4/c1-9(2)12(15)14(21)18-8-11(19)16-5-6-17-13(20)10-4-3-7-22-10/h3-4,7,9,12H,5-6,8,15H2,1-2H3,(H,16,19)(H,17,20)(H,18,21)/t12-/m0/s1. The minimum Gasteiger partial charge on any atom is -0.459 e. The van der Waals surface area contributed by atoms with Crippen LogP contribution in [0.3, 0.4) is 0 Å². The summed E-state index contributed by atoms with van der Waals surface area (Å²) in [6.07, 6.45) is 1.40. The molecule has 1 aromatic rings. The Labute approximate surface area is 128 Å². The molecule has 0 spiro atoms. The molecular weight excluding hydrogens is 288 g/mol. The van der Waals surface area contributed by atoms with Crippen LogP contribution in [-0.4, -0.2) is 43.4 Å². The highest BCUT2D eigenvalue weighted by atomic mass is 16.3. The van der Waals surface area contributed by atoms with Crippen molar-refractivity contribution < 1.29 is 18.8 Å². The molecule has 1 aromatic heterocycles. The lowest BCUT2D eigenvalue weighted by molar-refractivity contribution is -0.127. The van der Waals surface area contributed by atoms with Crippen molar-refractivity contribution in [2.24, 2.45) is 11.7 Å². The molecule has 0 bridgehead atoms. The molecule has 0 aliphatic heterocycles. The third-order valence-corrected chi connectivity index (χ3v) is 2.92. The van der Waals surface area contributed by atoms with Crippen molar-refractivity contribution in [3.63, 3.8) is 0 Å². The summed E-state index contributed by atoms with van der Waals surface area (Å²) in [6.45, 7) is 4.01. The van der Waals surface area contributed by atoms with Crippen LogP contribution in [0.25, 0.3) is 0 Å². The zero-order chi connectivity index (χ0) is 16.5. The number of nitrogens with one attached hydrogen (secondary N) is 3. The topological polar surface area (TPSA) is 126 Å². The van der Waals surface area contributed by atoms with E-state index in [4.69, 9.17) is 10.2 Å². The van der Waals surface area contributed by atoms with Gasteiger partial charge in [-0.1, -0.05) is 13.8 Å². The highest BCUT2D eigenvalue weighted by Gasteiger charge is 2.17. The molecule has 1 atom stereocenters. The Morgan fingerprint density at radius 2 is 1.86 bits per heavy atom. The van der Waals surface area contributed by atoms with Gasteiger partial charge in [-0.05, 0) is 18.1 Å². The van der Waals surface area contributed by atoms with E-state index in [0.717, 1.165) is 0 Å². The number of carbonyl (C=O) groups is 3. The Morgan fingerprint density at radius 1 is 1.18 bits per heavy atom. The third kappa shape index (κ3) is 5.96. The first-order chi connectivity index (χ1) is 10.4. The lowest BCUT2D eigenvalue weighted by Gasteiger charge is -2.15. The maximum absolute atomic E-state index is 11.6. The lowest BCUT2D eigenvalue weighted by atomic mass is 10.1. The van der Waals surface area contributed by atoms with Gasteiger partial charge in [0.2, 0.25) is 11.8 Å². The molecule has 1 rings (SSSR count). The molecule has 0 radical (unpaired) electrons. The number of nitrogens with two attached hydrogens (primary N) is 1. The van der Waals surface area contributed by atoms with Crippen molar-refractivity contribution in [2.45, 2.75) is 19.9 Å². The molecule has 0 saturated heterocycles.